The van der Waals surface area contributed by atoms with E-state index >= 15 is 0 Å². The first kappa shape index (κ1) is 15.6. The maximum atomic E-state index is 11.8. The summed E-state index contributed by atoms with van der Waals surface area (Å²) >= 11 is 3.21. The summed E-state index contributed by atoms with van der Waals surface area (Å²) in [6, 6.07) is 3.36. The van der Waals surface area contributed by atoms with E-state index in [2.05, 4.69) is 31.5 Å². The van der Waals surface area contributed by atoms with Gasteiger partial charge in [0.2, 0.25) is 5.91 Å². The summed E-state index contributed by atoms with van der Waals surface area (Å²) < 4.78 is 0.497. The van der Waals surface area contributed by atoms with Gasteiger partial charge in [0.1, 0.15) is 4.60 Å². The molecular weight excluding hydrogens is 310 g/mol. The molecule has 104 valence electrons. The normalized spacial score (nSPS) is 10.3. The van der Waals surface area contributed by atoms with E-state index in [1.807, 2.05) is 13.8 Å². The molecule has 0 aliphatic rings. The van der Waals surface area contributed by atoms with Crippen molar-refractivity contribution in [2.75, 3.05) is 13.1 Å². The predicted molar refractivity (Wildman–Crippen MR) is 76.7 cm³/mol. The number of halogens is 1. The Morgan fingerprint density at radius 1 is 1.37 bits per heavy atom. The molecule has 0 aromatic carbocycles. The van der Waals surface area contributed by atoms with Crippen molar-refractivity contribution in [3.05, 3.63) is 28.5 Å². The van der Waals surface area contributed by atoms with Crippen LogP contribution in [0.1, 0.15) is 30.6 Å². The van der Waals surface area contributed by atoms with Gasteiger partial charge in [0.25, 0.3) is 5.91 Å². The summed E-state index contributed by atoms with van der Waals surface area (Å²) in [6.45, 7) is 5.02. The van der Waals surface area contributed by atoms with Gasteiger partial charge in [-0.2, -0.15) is 0 Å². The molecule has 0 atom stereocenters. The van der Waals surface area contributed by atoms with E-state index in [1.54, 1.807) is 18.3 Å². The number of hydrogen-bond donors (Lipinski definition) is 2. The van der Waals surface area contributed by atoms with Gasteiger partial charge in [-0.3, -0.25) is 9.59 Å². The molecule has 0 bridgehead atoms. The maximum Gasteiger partial charge on any atom is 0.254 e. The lowest BCUT2D eigenvalue weighted by molar-refractivity contribution is -0.121. The second-order valence-corrected chi connectivity index (χ2v) is 5.30. The van der Waals surface area contributed by atoms with Crippen molar-refractivity contribution >= 4 is 27.7 Å². The van der Waals surface area contributed by atoms with Crippen LogP contribution in [-0.2, 0) is 4.79 Å². The van der Waals surface area contributed by atoms with Crippen LogP contribution >= 0.6 is 15.9 Å². The van der Waals surface area contributed by atoms with E-state index in [1.165, 1.54) is 0 Å². The second-order valence-electron chi connectivity index (χ2n) is 4.55. The summed E-state index contributed by atoms with van der Waals surface area (Å²) in [5.74, 6) is 0.126. The van der Waals surface area contributed by atoms with E-state index < -0.39 is 0 Å². The third-order valence-electron chi connectivity index (χ3n) is 2.35. The predicted octanol–water partition coefficient (Wildman–Crippen LogP) is 1.74. The minimum atomic E-state index is -0.239. The Hall–Kier alpha value is -1.43. The van der Waals surface area contributed by atoms with E-state index in [9.17, 15) is 9.59 Å². The van der Waals surface area contributed by atoms with Crippen LogP contribution in [-0.4, -0.2) is 29.9 Å². The third kappa shape index (κ3) is 5.83. The highest BCUT2D eigenvalue weighted by Crippen LogP contribution is 2.11. The molecule has 19 heavy (non-hydrogen) atoms. The van der Waals surface area contributed by atoms with Gasteiger partial charge in [0.15, 0.2) is 0 Å². The Kier molecular flexibility index (Phi) is 6.49. The summed E-state index contributed by atoms with van der Waals surface area (Å²) in [5, 5.41) is 5.48. The van der Waals surface area contributed by atoms with E-state index in [0.29, 0.717) is 29.2 Å². The molecule has 0 fully saturated rings. The molecule has 0 spiro atoms. The summed E-state index contributed by atoms with van der Waals surface area (Å²) in [5.41, 5.74) is 0.463. The van der Waals surface area contributed by atoms with Crippen molar-refractivity contribution in [3.63, 3.8) is 0 Å². The maximum absolute atomic E-state index is 11.8. The first-order chi connectivity index (χ1) is 9.00. The Morgan fingerprint density at radius 2 is 2.11 bits per heavy atom. The Balaban J connectivity index is 2.32. The number of carbonyl (C=O) groups excluding carboxylic acids is 2. The van der Waals surface area contributed by atoms with Gasteiger partial charge in [-0.15, -0.1) is 0 Å². The molecule has 1 heterocycles. The van der Waals surface area contributed by atoms with E-state index in [4.69, 9.17) is 0 Å². The van der Waals surface area contributed by atoms with Crippen LogP contribution < -0.4 is 10.6 Å². The zero-order chi connectivity index (χ0) is 14.3. The standard InChI is InChI=1S/C13H18BrN3O2/c1-9(2)8-17-11(18)5-7-16-13(19)10-4-3-6-15-12(10)14/h3-4,6,9H,5,7-8H2,1-2H3,(H,16,19)(H,17,18). The molecule has 0 unspecified atom stereocenters. The highest BCUT2D eigenvalue weighted by molar-refractivity contribution is 9.10. The van der Waals surface area contributed by atoms with Crippen molar-refractivity contribution in [2.45, 2.75) is 20.3 Å². The molecule has 5 nitrogen and oxygen atoms in total. The topological polar surface area (TPSA) is 71.1 Å². The van der Waals surface area contributed by atoms with Gasteiger partial charge in [-0.05, 0) is 34.0 Å². The zero-order valence-corrected chi connectivity index (χ0v) is 12.7. The van der Waals surface area contributed by atoms with Gasteiger partial charge in [0.05, 0.1) is 5.56 Å². The zero-order valence-electron chi connectivity index (χ0n) is 11.1. The molecule has 1 aromatic rings. The van der Waals surface area contributed by atoms with Crippen molar-refractivity contribution in [2.24, 2.45) is 5.92 Å². The number of amides is 2. The molecule has 2 amide bonds. The van der Waals surface area contributed by atoms with Crippen molar-refractivity contribution in [3.8, 4) is 0 Å². The van der Waals surface area contributed by atoms with Gasteiger partial charge in [-0.1, -0.05) is 13.8 Å². The monoisotopic (exact) mass is 327 g/mol. The van der Waals surface area contributed by atoms with Crippen LogP contribution in [0.15, 0.2) is 22.9 Å². The average molecular weight is 328 g/mol. The third-order valence-corrected chi connectivity index (χ3v) is 2.98. The van der Waals surface area contributed by atoms with Gasteiger partial charge < -0.3 is 10.6 Å². The quantitative estimate of drug-likeness (QED) is 0.782. The molecule has 0 saturated heterocycles. The van der Waals surface area contributed by atoms with Crippen LogP contribution in [0.5, 0.6) is 0 Å². The van der Waals surface area contributed by atoms with Crippen LogP contribution in [0.3, 0.4) is 0 Å². The number of nitrogens with zero attached hydrogens (tertiary/aromatic N) is 1. The number of rotatable bonds is 6. The Bertz CT molecular complexity index is 449. The Morgan fingerprint density at radius 3 is 2.74 bits per heavy atom. The minimum Gasteiger partial charge on any atom is -0.356 e. The van der Waals surface area contributed by atoms with Crippen molar-refractivity contribution in [1.82, 2.24) is 15.6 Å². The first-order valence-corrected chi connectivity index (χ1v) is 6.95. The van der Waals surface area contributed by atoms with Crippen LogP contribution in [0, 0.1) is 5.92 Å². The van der Waals surface area contributed by atoms with Gasteiger partial charge >= 0.3 is 0 Å². The molecule has 2 N–H and O–H groups in total. The fraction of sp³-hybridized carbons (Fsp3) is 0.462. The lowest BCUT2D eigenvalue weighted by Gasteiger charge is -2.08. The molecular formula is C13H18BrN3O2. The number of aromatic nitrogens is 1. The highest BCUT2D eigenvalue weighted by atomic mass is 79.9. The average Bonchev–Trinajstić information content (AvgIpc) is 2.36. The van der Waals surface area contributed by atoms with Gasteiger partial charge in [0, 0.05) is 25.7 Å². The Labute approximate surface area is 121 Å². The second kappa shape index (κ2) is 7.89. The lowest BCUT2D eigenvalue weighted by Crippen LogP contribution is -2.32. The molecule has 6 heteroatoms. The first-order valence-electron chi connectivity index (χ1n) is 6.16. The smallest absolute Gasteiger partial charge is 0.254 e. The summed E-state index contributed by atoms with van der Waals surface area (Å²) in [6.07, 6.45) is 1.87. The summed E-state index contributed by atoms with van der Waals surface area (Å²) in [7, 11) is 0. The van der Waals surface area contributed by atoms with Crippen molar-refractivity contribution in [1.29, 1.82) is 0 Å². The number of nitrogens with one attached hydrogen (secondary N) is 2. The van der Waals surface area contributed by atoms with Crippen LogP contribution in [0.2, 0.25) is 0 Å². The van der Waals surface area contributed by atoms with Gasteiger partial charge in [-0.25, -0.2) is 4.98 Å². The molecule has 0 radical (unpaired) electrons. The highest BCUT2D eigenvalue weighted by Gasteiger charge is 2.10. The van der Waals surface area contributed by atoms with Crippen LogP contribution in [0.25, 0.3) is 0 Å². The minimum absolute atomic E-state index is 0.0562. The SMILES string of the molecule is CC(C)CNC(=O)CCNC(=O)c1cccnc1Br. The molecule has 0 aliphatic heterocycles. The fourth-order valence-corrected chi connectivity index (χ4v) is 1.78. The molecule has 0 aliphatic carbocycles. The number of carbonyl (C=O) groups is 2. The number of pyridine rings is 1. The van der Waals surface area contributed by atoms with Crippen molar-refractivity contribution < 1.29 is 9.59 Å². The number of hydrogen-bond acceptors (Lipinski definition) is 3. The fourth-order valence-electron chi connectivity index (χ4n) is 1.35. The lowest BCUT2D eigenvalue weighted by atomic mass is 10.2. The van der Waals surface area contributed by atoms with E-state index in [-0.39, 0.29) is 18.2 Å². The largest absolute Gasteiger partial charge is 0.356 e. The van der Waals surface area contributed by atoms with Crippen LogP contribution in [0.4, 0.5) is 0 Å². The molecule has 1 rings (SSSR count). The molecule has 0 saturated carbocycles. The van der Waals surface area contributed by atoms with E-state index in [0.717, 1.165) is 0 Å². The molecule has 1 aromatic heterocycles. The summed E-state index contributed by atoms with van der Waals surface area (Å²) in [4.78, 5) is 27.2.